The van der Waals surface area contributed by atoms with Crippen molar-refractivity contribution in [1.29, 1.82) is 0 Å². The Bertz CT molecular complexity index is 332. The molecule has 15 heavy (non-hydrogen) atoms. The van der Waals surface area contributed by atoms with E-state index in [0.29, 0.717) is 13.2 Å². The van der Waals surface area contributed by atoms with Crippen molar-refractivity contribution < 1.29 is 9.47 Å². The summed E-state index contributed by atoms with van der Waals surface area (Å²) in [4.78, 5) is 0. The van der Waals surface area contributed by atoms with Gasteiger partial charge in [0.25, 0.3) is 0 Å². The van der Waals surface area contributed by atoms with E-state index in [2.05, 4.69) is 32.9 Å². The summed E-state index contributed by atoms with van der Waals surface area (Å²) in [5.41, 5.74) is 0.536. The van der Waals surface area contributed by atoms with Gasteiger partial charge in [-0.25, -0.2) is 0 Å². The van der Waals surface area contributed by atoms with Crippen LogP contribution in [0.4, 0.5) is 0 Å². The Morgan fingerprint density at radius 1 is 0.933 bits per heavy atom. The van der Waals surface area contributed by atoms with E-state index in [1.807, 2.05) is 18.2 Å². The zero-order valence-corrected chi connectivity index (χ0v) is 9.62. The molecule has 0 N–H and O–H groups in total. The number of hydrogen-bond donors (Lipinski definition) is 0. The molecule has 1 aliphatic heterocycles. The minimum atomic E-state index is -0.355. The second-order valence-corrected chi connectivity index (χ2v) is 4.61. The van der Waals surface area contributed by atoms with Crippen molar-refractivity contribution in [3.05, 3.63) is 35.9 Å². The van der Waals surface area contributed by atoms with Crippen molar-refractivity contribution in [2.45, 2.75) is 32.0 Å². The summed E-state index contributed by atoms with van der Waals surface area (Å²) in [7, 11) is 0. The van der Waals surface area contributed by atoms with Crippen molar-refractivity contribution in [2.24, 2.45) is 0 Å². The molecule has 1 unspecified atom stereocenters. The zero-order chi connectivity index (χ0) is 10.9. The predicted molar refractivity (Wildman–Crippen MR) is 59.8 cm³/mol. The molecule has 82 valence electrons. The van der Waals surface area contributed by atoms with Crippen LogP contribution in [0.2, 0.25) is 0 Å². The zero-order valence-electron chi connectivity index (χ0n) is 9.62. The van der Waals surface area contributed by atoms with Gasteiger partial charge in [0.2, 0.25) is 0 Å². The maximum atomic E-state index is 5.94. The van der Waals surface area contributed by atoms with Crippen LogP contribution in [0.1, 0.15) is 26.3 Å². The highest BCUT2D eigenvalue weighted by atomic mass is 16.6. The minimum absolute atomic E-state index is 0.285. The summed E-state index contributed by atoms with van der Waals surface area (Å²) < 4.78 is 11.8. The van der Waals surface area contributed by atoms with E-state index in [1.165, 1.54) is 5.56 Å². The van der Waals surface area contributed by atoms with Gasteiger partial charge in [-0.2, -0.15) is 0 Å². The summed E-state index contributed by atoms with van der Waals surface area (Å²) in [5.74, 6) is 0. The van der Waals surface area contributed by atoms with Crippen LogP contribution in [-0.4, -0.2) is 18.8 Å². The van der Waals surface area contributed by atoms with Crippen LogP contribution in [0.5, 0.6) is 0 Å². The van der Waals surface area contributed by atoms with Gasteiger partial charge in [-0.15, -0.1) is 0 Å². The Balaban J connectivity index is 2.40. The standard InChI is InChI=1S/C13H18O2/c1-12(2)13(3,15-10-9-14-12)11-7-5-4-6-8-11/h4-8H,9-10H2,1-3H3. The molecule has 1 aromatic rings. The summed E-state index contributed by atoms with van der Waals surface area (Å²) >= 11 is 0. The molecule has 1 saturated heterocycles. The van der Waals surface area contributed by atoms with E-state index in [1.54, 1.807) is 0 Å². The molecule has 1 atom stereocenters. The Morgan fingerprint density at radius 3 is 2.13 bits per heavy atom. The Labute approximate surface area is 91.2 Å². The number of benzene rings is 1. The normalized spacial score (nSPS) is 30.1. The summed E-state index contributed by atoms with van der Waals surface area (Å²) in [6.07, 6.45) is 0. The van der Waals surface area contributed by atoms with Gasteiger partial charge in [0.15, 0.2) is 0 Å². The Morgan fingerprint density at radius 2 is 1.53 bits per heavy atom. The van der Waals surface area contributed by atoms with Gasteiger partial charge in [-0.3, -0.25) is 0 Å². The van der Waals surface area contributed by atoms with Gasteiger partial charge in [-0.05, 0) is 26.3 Å². The van der Waals surface area contributed by atoms with E-state index in [0.717, 1.165) is 0 Å². The molecular weight excluding hydrogens is 188 g/mol. The van der Waals surface area contributed by atoms with Crippen LogP contribution in [-0.2, 0) is 15.1 Å². The Kier molecular flexibility index (Phi) is 2.57. The van der Waals surface area contributed by atoms with Gasteiger partial charge < -0.3 is 9.47 Å². The van der Waals surface area contributed by atoms with E-state index in [9.17, 15) is 0 Å². The first-order chi connectivity index (χ1) is 7.06. The van der Waals surface area contributed by atoms with Crippen molar-refractivity contribution in [1.82, 2.24) is 0 Å². The first-order valence-electron chi connectivity index (χ1n) is 5.40. The fourth-order valence-corrected chi connectivity index (χ4v) is 2.04. The number of hydrogen-bond acceptors (Lipinski definition) is 2. The van der Waals surface area contributed by atoms with E-state index < -0.39 is 0 Å². The van der Waals surface area contributed by atoms with E-state index in [-0.39, 0.29) is 11.2 Å². The highest BCUT2D eigenvalue weighted by molar-refractivity contribution is 5.25. The van der Waals surface area contributed by atoms with Crippen LogP contribution < -0.4 is 0 Å². The lowest BCUT2D eigenvalue weighted by atomic mass is 9.80. The summed E-state index contributed by atoms with van der Waals surface area (Å²) in [6.45, 7) is 7.60. The molecule has 0 spiro atoms. The fourth-order valence-electron chi connectivity index (χ4n) is 2.04. The smallest absolute Gasteiger partial charge is 0.119 e. The highest BCUT2D eigenvalue weighted by Gasteiger charge is 2.46. The third-order valence-electron chi connectivity index (χ3n) is 3.41. The molecule has 0 saturated carbocycles. The van der Waals surface area contributed by atoms with Crippen molar-refractivity contribution in [2.75, 3.05) is 13.2 Å². The monoisotopic (exact) mass is 206 g/mol. The van der Waals surface area contributed by atoms with Crippen LogP contribution in [0.25, 0.3) is 0 Å². The third kappa shape index (κ3) is 1.68. The summed E-state index contributed by atoms with van der Waals surface area (Å²) in [5, 5.41) is 0. The quantitative estimate of drug-likeness (QED) is 0.703. The maximum Gasteiger partial charge on any atom is 0.119 e. The molecule has 2 rings (SSSR count). The molecule has 1 fully saturated rings. The third-order valence-corrected chi connectivity index (χ3v) is 3.41. The second kappa shape index (κ2) is 3.62. The largest absolute Gasteiger partial charge is 0.370 e. The molecule has 0 radical (unpaired) electrons. The molecule has 1 heterocycles. The first kappa shape index (κ1) is 10.7. The fraction of sp³-hybridized carbons (Fsp3) is 0.538. The molecule has 1 aliphatic rings. The van der Waals surface area contributed by atoms with E-state index in [4.69, 9.17) is 9.47 Å². The lowest BCUT2D eigenvalue weighted by Crippen LogP contribution is -2.53. The van der Waals surface area contributed by atoms with Crippen LogP contribution in [0, 0.1) is 0 Å². The molecular formula is C13H18O2. The van der Waals surface area contributed by atoms with E-state index >= 15 is 0 Å². The molecule has 0 aliphatic carbocycles. The molecule has 2 nitrogen and oxygen atoms in total. The lowest BCUT2D eigenvalue weighted by Gasteiger charge is -2.47. The SMILES string of the molecule is CC1(C)OCCOC1(C)c1ccccc1. The predicted octanol–water partition coefficient (Wildman–Crippen LogP) is 2.73. The van der Waals surface area contributed by atoms with Gasteiger partial charge in [0, 0.05) is 0 Å². The topological polar surface area (TPSA) is 18.5 Å². The average Bonchev–Trinajstić information content (AvgIpc) is 2.24. The molecule has 0 aromatic heterocycles. The average molecular weight is 206 g/mol. The van der Waals surface area contributed by atoms with Gasteiger partial charge >= 0.3 is 0 Å². The van der Waals surface area contributed by atoms with Crippen LogP contribution in [0.3, 0.4) is 0 Å². The maximum absolute atomic E-state index is 5.94. The highest BCUT2D eigenvalue weighted by Crippen LogP contribution is 2.40. The van der Waals surface area contributed by atoms with Crippen molar-refractivity contribution in [3.8, 4) is 0 Å². The molecule has 2 heteroatoms. The van der Waals surface area contributed by atoms with Gasteiger partial charge in [0.05, 0.1) is 18.8 Å². The summed E-state index contributed by atoms with van der Waals surface area (Å²) in [6, 6.07) is 10.3. The molecule has 0 bridgehead atoms. The first-order valence-corrected chi connectivity index (χ1v) is 5.40. The number of ether oxygens (including phenoxy) is 2. The van der Waals surface area contributed by atoms with Crippen molar-refractivity contribution in [3.63, 3.8) is 0 Å². The van der Waals surface area contributed by atoms with Crippen LogP contribution in [0.15, 0.2) is 30.3 Å². The minimum Gasteiger partial charge on any atom is -0.370 e. The van der Waals surface area contributed by atoms with Gasteiger partial charge in [-0.1, -0.05) is 30.3 Å². The number of rotatable bonds is 1. The Hall–Kier alpha value is -0.860. The molecule has 1 aromatic carbocycles. The lowest BCUT2D eigenvalue weighted by molar-refractivity contribution is -0.245. The van der Waals surface area contributed by atoms with Gasteiger partial charge in [0.1, 0.15) is 5.60 Å². The molecule has 0 amide bonds. The van der Waals surface area contributed by atoms with Crippen LogP contribution >= 0.6 is 0 Å². The van der Waals surface area contributed by atoms with Crippen molar-refractivity contribution >= 4 is 0 Å². The second-order valence-electron chi connectivity index (χ2n) is 4.61.